The van der Waals surface area contributed by atoms with Crippen molar-refractivity contribution in [3.05, 3.63) is 36.2 Å². The molecule has 1 aromatic heterocycles. The number of carboxylic acids is 2. The Hall–Kier alpha value is -3.96. The third-order valence-electron chi connectivity index (χ3n) is 5.90. The molecule has 45 heavy (non-hydrogen) atoms. The summed E-state index contributed by atoms with van der Waals surface area (Å²) in [5.74, 6) is -0.261. The van der Waals surface area contributed by atoms with Crippen molar-refractivity contribution in [1.29, 1.82) is 0 Å². The zero-order chi connectivity index (χ0) is 34.1. The second kappa shape index (κ2) is 31.5. The highest BCUT2D eigenvalue weighted by Gasteiger charge is 1.99. The van der Waals surface area contributed by atoms with Gasteiger partial charge >= 0.3 is 5.97 Å². The number of benzene rings is 1. The number of ketones is 3. The zero-order valence-electron chi connectivity index (χ0n) is 27.6. The minimum atomic E-state index is -1.06. The molecule has 1 aromatic carbocycles. The highest BCUT2D eigenvalue weighted by atomic mass is 16.5. The Morgan fingerprint density at radius 3 is 1.49 bits per heavy atom. The number of carbonyl (C=O) groups is 5. The van der Waals surface area contributed by atoms with Crippen LogP contribution in [0.25, 0.3) is 0 Å². The van der Waals surface area contributed by atoms with E-state index in [1.165, 1.54) is 90.9 Å². The monoisotopic (exact) mass is 634 g/mol. The van der Waals surface area contributed by atoms with Gasteiger partial charge in [0, 0.05) is 19.8 Å². The van der Waals surface area contributed by atoms with Crippen molar-refractivity contribution >= 4 is 29.3 Å². The fourth-order valence-electron chi connectivity index (χ4n) is 3.80. The predicted molar refractivity (Wildman–Crippen MR) is 172 cm³/mol. The first kappa shape index (κ1) is 43.2. The standard InChI is InChI=1S/C18H34N4O.C9H10O2.C4H6O3.C2H4O2/c1-17(23)15-13-11-9-7-5-3-2-4-6-8-10-12-14-16-18-19-21-22-20-18;1-8(10)7-11-9-5-3-2-4-6-9;1-3(5)2-4(6)7;1-2(3)4/h2-16H2,1H3,(H,19,20,21,22);2-6H,7H2,1H3;2H2,1H3,(H,6,7);1H3,(H,3,4). The molecule has 0 aliphatic carbocycles. The molecule has 0 atom stereocenters. The second-order valence-electron chi connectivity index (χ2n) is 10.7. The van der Waals surface area contributed by atoms with Crippen LogP contribution in [0.15, 0.2) is 30.3 Å². The minimum absolute atomic E-state index is 0.0360. The normalized spacial score (nSPS) is 9.69. The number of unbranched alkanes of at least 4 members (excludes halogenated alkanes) is 12. The SMILES string of the molecule is CC(=O)CC(=O)O.CC(=O)CCCCCCCCCCCCCCCc1nn[nH]n1.CC(=O)COc1ccccc1.CC(=O)O. The summed E-state index contributed by atoms with van der Waals surface area (Å²) in [6.45, 7) is 5.68. The highest BCUT2D eigenvalue weighted by Crippen LogP contribution is 2.13. The predicted octanol–water partition coefficient (Wildman–Crippen LogP) is 6.59. The number of aromatic amines is 1. The van der Waals surface area contributed by atoms with Crippen molar-refractivity contribution in [2.45, 2.75) is 130 Å². The second-order valence-corrected chi connectivity index (χ2v) is 10.7. The quantitative estimate of drug-likeness (QED) is 0.0992. The van der Waals surface area contributed by atoms with Gasteiger partial charge in [0.1, 0.15) is 30.3 Å². The summed E-state index contributed by atoms with van der Waals surface area (Å²) >= 11 is 0. The molecular weight excluding hydrogens is 580 g/mol. The molecule has 2 rings (SSSR count). The van der Waals surface area contributed by atoms with Crippen molar-refractivity contribution in [3.63, 3.8) is 0 Å². The summed E-state index contributed by atoms with van der Waals surface area (Å²) in [5.41, 5.74) is 0. The zero-order valence-corrected chi connectivity index (χ0v) is 27.6. The van der Waals surface area contributed by atoms with E-state index < -0.39 is 11.9 Å². The summed E-state index contributed by atoms with van der Waals surface area (Å²) in [6, 6.07) is 9.29. The number of aryl methyl sites for hydroxylation is 1. The maximum absolute atomic E-state index is 10.8. The van der Waals surface area contributed by atoms with Gasteiger partial charge in [-0.05, 0) is 45.7 Å². The number of nitrogens with zero attached hydrogens (tertiary/aromatic N) is 3. The lowest BCUT2D eigenvalue weighted by molar-refractivity contribution is -0.140. The number of H-pyrrole nitrogens is 1. The number of ether oxygens (including phenoxy) is 1. The van der Waals surface area contributed by atoms with Crippen LogP contribution >= 0.6 is 0 Å². The Bertz CT molecular complexity index is 1010. The van der Waals surface area contributed by atoms with Gasteiger partial charge in [0.05, 0.1) is 0 Å². The number of hydrogen-bond donors (Lipinski definition) is 3. The van der Waals surface area contributed by atoms with Gasteiger partial charge in [-0.25, -0.2) is 0 Å². The Labute approximate surface area is 267 Å². The molecule has 254 valence electrons. The van der Waals surface area contributed by atoms with Crippen LogP contribution in [0.4, 0.5) is 0 Å². The number of carboxylic acid groups (broad SMARTS) is 2. The molecule has 0 unspecified atom stereocenters. The van der Waals surface area contributed by atoms with Crippen molar-refractivity contribution in [2.75, 3.05) is 6.61 Å². The Balaban J connectivity index is 0. The minimum Gasteiger partial charge on any atom is -0.486 e. The number of nitrogens with one attached hydrogen (secondary N) is 1. The van der Waals surface area contributed by atoms with Crippen molar-refractivity contribution in [2.24, 2.45) is 0 Å². The first-order chi connectivity index (χ1) is 21.4. The number of aromatic nitrogens is 4. The fraction of sp³-hybridized carbons (Fsp3) is 0.636. The summed E-state index contributed by atoms with van der Waals surface area (Å²) in [4.78, 5) is 49.8. The molecule has 0 spiro atoms. The molecule has 2 aromatic rings. The van der Waals surface area contributed by atoms with E-state index in [1.54, 1.807) is 6.92 Å². The van der Waals surface area contributed by atoms with E-state index in [0.717, 1.165) is 37.8 Å². The number of hydrogen-bond acceptors (Lipinski definition) is 9. The molecular formula is C33H54N4O8. The van der Waals surface area contributed by atoms with Crippen LogP contribution in [0.3, 0.4) is 0 Å². The van der Waals surface area contributed by atoms with Crippen LogP contribution in [0.5, 0.6) is 5.75 Å². The number of carbonyl (C=O) groups excluding carboxylic acids is 3. The van der Waals surface area contributed by atoms with Crippen LogP contribution in [-0.4, -0.2) is 66.7 Å². The lowest BCUT2D eigenvalue weighted by Crippen LogP contribution is -2.06. The van der Waals surface area contributed by atoms with Gasteiger partial charge in [0.2, 0.25) is 0 Å². The summed E-state index contributed by atoms with van der Waals surface area (Å²) < 4.78 is 5.12. The molecule has 0 saturated heterocycles. The molecule has 0 amide bonds. The molecule has 0 fully saturated rings. The number of rotatable bonds is 21. The van der Waals surface area contributed by atoms with E-state index in [4.69, 9.17) is 19.7 Å². The van der Waals surface area contributed by atoms with E-state index in [0.29, 0.717) is 5.78 Å². The van der Waals surface area contributed by atoms with E-state index >= 15 is 0 Å². The van der Waals surface area contributed by atoms with Crippen LogP contribution in [0, 0.1) is 0 Å². The summed E-state index contributed by atoms with van der Waals surface area (Å²) in [7, 11) is 0. The van der Waals surface area contributed by atoms with Crippen molar-refractivity contribution < 1.29 is 38.9 Å². The number of aliphatic carboxylic acids is 2. The highest BCUT2D eigenvalue weighted by molar-refractivity contribution is 5.93. The van der Waals surface area contributed by atoms with Crippen LogP contribution in [0.1, 0.15) is 130 Å². The van der Waals surface area contributed by atoms with Gasteiger partial charge in [0.15, 0.2) is 11.6 Å². The molecule has 0 aliphatic heterocycles. The number of para-hydroxylation sites is 1. The number of Topliss-reactive ketones (excluding diaryl/α,β-unsaturated/α-hetero) is 3. The fourth-order valence-corrected chi connectivity index (χ4v) is 3.80. The Kier molecular flexibility index (Phi) is 30.2. The Morgan fingerprint density at radius 2 is 1.13 bits per heavy atom. The first-order valence-electron chi connectivity index (χ1n) is 15.7. The molecule has 0 aliphatic rings. The lowest BCUT2D eigenvalue weighted by atomic mass is 10.0. The van der Waals surface area contributed by atoms with E-state index in [1.807, 2.05) is 30.3 Å². The van der Waals surface area contributed by atoms with Crippen LogP contribution in [0.2, 0.25) is 0 Å². The van der Waals surface area contributed by atoms with E-state index in [-0.39, 0.29) is 24.6 Å². The van der Waals surface area contributed by atoms with Gasteiger partial charge in [-0.1, -0.05) is 94.0 Å². The first-order valence-corrected chi connectivity index (χ1v) is 15.7. The summed E-state index contributed by atoms with van der Waals surface area (Å²) in [5, 5.41) is 29.3. The van der Waals surface area contributed by atoms with Crippen LogP contribution < -0.4 is 4.74 Å². The van der Waals surface area contributed by atoms with Gasteiger partial charge in [-0.15, -0.1) is 10.2 Å². The maximum atomic E-state index is 10.8. The molecule has 0 radical (unpaired) electrons. The smallest absolute Gasteiger partial charge is 0.310 e. The third kappa shape index (κ3) is 40.0. The van der Waals surface area contributed by atoms with E-state index in [2.05, 4.69) is 20.6 Å². The number of tetrazole rings is 1. The third-order valence-corrected chi connectivity index (χ3v) is 5.90. The van der Waals surface area contributed by atoms with Crippen molar-refractivity contribution in [1.82, 2.24) is 20.6 Å². The maximum Gasteiger partial charge on any atom is 0.310 e. The average Bonchev–Trinajstić information content (AvgIpc) is 3.48. The van der Waals surface area contributed by atoms with Crippen molar-refractivity contribution in [3.8, 4) is 5.75 Å². The van der Waals surface area contributed by atoms with Gasteiger partial charge < -0.3 is 19.7 Å². The van der Waals surface area contributed by atoms with E-state index in [9.17, 15) is 19.2 Å². The topological polar surface area (TPSA) is 189 Å². The molecule has 0 bridgehead atoms. The average molecular weight is 635 g/mol. The van der Waals surface area contributed by atoms with Gasteiger partial charge in [-0.3, -0.25) is 19.2 Å². The lowest BCUT2D eigenvalue weighted by Gasteiger charge is -2.03. The molecule has 12 nitrogen and oxygen atoms in total. The Morgan fingerprint density at radius 1 is 0.667 bits per heavy atom. The largest absolute Gasteiger partial charge is 0.486 e. The molecule has 3 N–H and O–H groups in total. The summed E-state index contributed by atoms with van der Waals surface area (Å²) in [6.07, 6.45) is 18.3. The van der Waals surface area contributed by atoms with Crippen LogP contribution in [-0.2, 0) is 30.4 Å². The van der Waals surface area contributed by atoms with Gasteiger partial charge in [-0.2, -0.15) is 5.21 Å². The molecule has 1 heterocycles. The molecule has 12 heteroatoms. The molecule has 0 saturated carbocycles. The van der Waals surface area contributed by atoms with Gasteiger partial charge in [0.25, 0.3) is 5.97 Å².